The molecule has 2 aliphatic heterocycles. The van der Waals surface area contributed by atoms with E-state index in [1.54, 1.807) is 12.0 Å². The topological polar surface area (TPSA) is 54.0 Å². The van der Waals surface area contributed by atoms with Gasteiger partial charge < -0.3 is 19.7 Å². The van der Waals surface area contributed by atoms with Gasteiger partial charge in [-0.05, 0) is 99.5 Å². The Morgan fingerprint density at radius 2 is 1.75 bits per heavy atom. The minimum Gasteiger partial charge on any atom is -0.493 e. The third-order valence-electron chi connectivity index (χ3n) is 8.32. The summed E-state index contributed by atoms with van der Waals surface area (Å²) in [4.78, 5) is 17.4. The summed E-state index contributed by atoms with van der Waals surface area (Å²) in [6, 6.07) is 9.38. The van der Waals surface area contributed by atoms with Crippen LogP contribution in [0, 0.1) is 13.8 Å². The Morgan fingerprint density at radius 1 is 0.975 bits per heavy atom. The predicted molar refractivity (Wildman–Crippen MR) is 150 cm³/mol. The maximum absolute atomic E-state index is 13.1. The van der Waals surface area contributed by atoms with E-state index in [1.807, 2.05) is 0 Å². The lowest BCUT2D eigenvalue weighted by Crippen LogP contribution is -2.57. The van der Waals surface area contributed by atoms with Crippen LogP contribution >= 0.6 is 0 Å². The van der Waals surface area contributed by atoms with Crippen LogP contribution in [-0.2, 0) is 10.9 Å². The number of hydrogen-bond donors (Lipinski definition) is 1. The van der Waals surface area contributed by atoms with Gasteiger partial charge in [0.25, 0.3) is 5.91 Å². The number of fused-ring (bicyclic) bond motifs is 1. The number of carbonyl (C=O) groups is 1. The van der Waals surface area contributed by atoms with Gasteiger partial charge in [0.1, 0.15) is 5.75 Å². The number of amides is 1. The second kappa shape index (κ2) is 13.8. The zero-order valence-electron chi connectivity index (χ0n) is 23.9. The van der Waals surface area contributed by atoms with Gasteiger partial charge in [-0.1, -0.05) is 6.07 Å². The number of halogens is 3. The summed E-state index contributed by atoms with van der Waals surface area (Å²) in [5, 5.41) is 3.35. The van der Waals surface area contributed by atoms with Crippen molar-refractivity contribution in [1.29, 1.82) is 0 Å². The van der Waals surface area contributed by atoms with E-state index in [0.717, 1.165) is 76.2 Å². The Morgan fingerprint density at radius 3 is 2.48 bits per heavy atom. The molecule has 0 saturated carbocycles. The van der Waals surface area contributed by atoms with E-state index in [9.17, 15) is 18.0 Å². The van der Waals surface area contributed by atoms with Crippen molar-refractivity contribution in [2.24, 2.45) is 0 Å². The highest BCUT2D eigenvalue weighted by molar-refractivity contribution is 5.94. The molecule has 2 aliphatic rings. The number of piperidine rings is 1. The van der Waals surface area contributed by atoms with Crippen LogP contribution in [0.15, 0.2) is 36.4 Å². The number of hydrogen-bond acceptors (Lipinski definition) is 5. The van der Waals surface area contributed by atoms with E-state index in [2.05, 4.69) is 36.2 Å². The summed E-state index contributed by atoms with van der Waals surface area (Å²) in [5.74, 6) is 0.739. The van der Waals surface area contributed by atoms with Crippen LogP contribution in [0.1, 0.15) is 70.8 Å². The second-order valence-electron chi connectivity index (χ2n) is 10.9. The molecular formula is C31H42F3N3O3. The highest BCUT2D eigenvalue weighted by Crippen LogP contribution is 2.40. The molecule has 0 spiro atoms. The molecule has 2 atom stereocenters. The first-order valence-electron chi connectivity index (χ1n) is 14.4. The molecule has 2 saturated heterocycles. The molecule has 6 nitrogen and oxygen atoms in total. The number of nitrogens with zero attached hydrogens (tertiary/aromatic N) is 2. The van der Waals surface area contributed by atoms with Crippen LogP contribution in [0.5, 0.6) is 5.75 Å². The van der Waals surface area contributed by atoms with E-state index in [4.69, 9.17) is 9.47 Å². The van der Waals surface area contributed by atoms with Gasteiger partial charge in [0.2, 0.25) is 0 Å². The summed E-state index contributed by atoms with van der Waals surface area (Å²) >= 11 is 0. The minimum absolute atomic E-state index is 0.199. The molecule has 40 heavy (non-hydrogen) atoms. The fourth-order valence-electron chi connectivity index (χ4n) is 5.92. The normalized spacial score (nSPS) is 19.9. The molecule has 2 heterocycles. The molecule has 2 fully saturated rings. The van der Waals surface area contributed by atoms with Gasteiger partial charge in [-0.2, -0.15) is 13.2 Å². The fourth-order valence-corrected chi connectivity index (χ4v) is 5.92. The second-order valence-corrected chi connectivity index (χ2v) is 10.9. The summed E-state index contributed by atoms with van der Waals surface area (Å²) in [7, 11) is 1.70. The zero-order valence-corrected chi connectivity index (χ0v) is 23.9. The lowest BCUT2D eigenvalue weighted by molar-refractivity contribution is -0.137. The van der Waals surface area contributed by atoms with E-state index in [-0.39, 0.29) is 18.0 Å². The Bertz CT molecular complexity index is 1120. The molecular weight excluding hydrogens is 519 g/mol. The van der Waals surface area contributed by atoms with Crippen LogP contribution in [0.3, 0.4) is 0 Å². The van der Waals surface area contributed by atoms with Crippen molar-refractivity contribution in [1.82, 2.24) is 15.1 Å². The summed E-state index contributed by atoms with van der Waals surface area (Å²) < 4.78 is 50.0. The first kappa shape index (κ1) is 30.3. The smallest absolute Gasteiger partial charge is 0.416 e. The molecule has 1 amide bonds. The standard InChI is InChI=1S/C31H42F3N3O3/c1-22-23(2)29(40-19-5-4-15-35-16-20-39-3)14-13-27(22)28-8-6-7-26-21-36(17-18-37(26)28)30(38)24-9-11-25(12-10-24)31(32,33)34/h9-14,26,28,35H,4-8,15-21H2,1-3H3/t26-,28?/m0/s1. The largest absolute Gasteiger partial charge is 0.493 e. The van der Waals surface area contributed by atoms with Crippen LogP contribution in [-0.4, -0.2) is 74.8 Å². The number of unbranched alkanes of at least 4 members (excludes halogenated alkanes) is 1. The van der Waals surface area contributed by atoms with Gasteiger partial charge in [-0.3, -0.25) is 9.69 Å². The van der Waals surface area contributed by atoms with Crippen molar-refractivity contribution in [3.05, 3.63) is 64.2 Å². The lowest BCUT2D eigenvalue weighted by Gasteiger charge is -2.49. The minimum atomic E-state index is -4.41. The van der Waals surface area contributed by atoms with Crippen molar-refractivity contribution >= 4 is 5.91 Å². The molecule has 0 bridgehead atoms. The number of methoxy groups -OCH3 is 1. The number of rotatable bonds is 11. The van der Waals surface area contributed by atoms with Crippen LogP contribution in [0.2, 0.25) is 0 Å². The fraction of sp³-hybridized carbons (Fsp3) is 0.581. The van der Waals surface area contributed by atoms with Gasteiger partial charge in [-0.15, -0.1) is 0 Å². The Hall–Kier alpha value is -2.62. The average Bonchev–Trinajstić information content (AvgIpc) is 2.95. The first-order chi connectivity index (χ1) is 19.2. The highest BCUT2D eigenvalue weighted by atomic mass is 19.4. The molecule has 0 radical (unpaired) electrons. The molecule has 0 aromatic heterocycles. The Labute approximate surface area is 235 Å². The van der Waals surface area contributed by atoms with Crippen LogP contribution < -0.4 is 10.1 Å². The van der Waals surface area contributed by atoms with Crippen molar-refractivity contribution < 1.29 is 27.4 Å². The van der Waals surface area contributed by atoms with Gasteiger partial charge >= 0.3 is 6.18 Å². The molecule has 2 aromatic carbocycles. The lowest BCUT2D eigenvalue weighted by atomic mass is 9.86. The van der Waals surface area contributed by atoms with Gasteiger partial charge in [-0.25, -0.2) is 0 Å². The number of nitrogens with one attached hydrogen (secondary N) is 1. The number of alkyl halides is 3. The van der Waals surface area contributed by atoms with E-state index < -0.39 is 11.7 Å². The maximum Gasteiger partial charge on any atom is 0.416 e. The monoisotopic (exact) mass is 561 g/mol. The van der Waals surface area contributed by atoms with Gasteiger partial charge in [0.15, 0.2) is 0 Å². The Kier molecular flexibility index (Phi) is 10.5. The maximum atomic E-state index is 13.1. The number of carbonyl (C=O) groups excluding carboxylic acids is 1. The number of piperazine rings is 1. The molecule has 0 aliphatic carbocycles. The van der Waals surface area contributed by atoms with Crippen LogP contribution in [0.4, 0.5) is 13.2 Å². The van der Waals surface area contributed by atoms with E-state index in [0.29, 0.717) is 25.3 Å². The third kappa shape index (κ3) is 7.36. The number of benzene rings is 2. The quantitative estimate of drug-likeness (QED) is 0.353. The summed E-state index contributed by atoms with van der Waals surface area (Å²) in [6.07, 6.45) is 0.777. The van der Waals surface area contributed by atoms with Crippen molar-refractivity contribution in [3.8, 4) is 5.75 Å². The molecule has 1 unspecified atom stereocenters. The molecule has 2 aromatic rings. The van der Waals surface area contributed by atoms with Gasteiger partial charge in [0.05, 0.1) is 18.8 Å². The van der Waals surface area contributed by atoms with Crippen molar-refractivity contribution in [2.75, 3.05) is 53.0 Å². The summed E-state index contributed by atoms with van der Waals surface area (Å²) in [6.45, 7) is 9.43. The first-order valence-corrected chi connectivity index (χ1v) is 14.4. The van der Waals surface area contributed by atoms with Crippen molar-refractivity contribution in [2.45, 2.75) is 64.2 Å². The SMILES string of the molecule is COCCNCCCCOc1ccc(C2CCC[C@H]3CN(C(=O)c4ccc(C(F)(F)F)cc4)CCN23)c(C)c1C. The van der Waals surface area contributed by atoms with Crippen molar-refractivity contribution in [3.63, 3.8) is 0 Å². The molecule has 9 heteroatoms. The van der Waals surface area contributed by atoms with Gasteiger partial charge in [0, 0.05) is 50.9 Å². The molecule has 1 N–H and O–H groups in total. The molecule has 4 rings (SSSR count). The number of ether oxygens (including phenoxy) is 2. The van der Waals surface area contributed by atoms with E-state index in [1.165, 1.54) is 28.8 Å². The highest BCUT2D eigenvalue weighted by Gasteiger charge is 2.38. The third-order valence-corrected chi connectivity index (χ3v) is 8.32. The summed E-state index contributed by atoms with van der Waals surface area (Å²) in [5.41, 5.74) is 3.32. The predicted octanol–water partition coefficient (Wildman–Crippen LogP) is 5.77. The average molecular weight is 562 g/mol. The Balaban J connectivity index is 1.34. The molecule has 220 valence electrons. The van der Waals surface area contributed by atoms with E-state index >= 15 is 0 Å². The zero-order chi connectivity index (χ0) is 28.7. The van der Waals surface area contributed by atoms with Crippen LogP contribution in [0.25, 0.3) is 0 Å².